The van der Waals surface area contributed by atoms with E-state index in [2.05, 4.69) is 0 Å². The number of halogens is 6. The molecule has 8 aromatic carbocycles. The van der Waals surface area contributed by atoms with Gasteiger partial charge in [-0.25, -0.2) is 0 Å². The summed E-state index contributed by atoms with van der Waals surface area (Å²) in [5.41, 5.74) is -2.03. The smallest absolute Gasteiger partial charge is 0.411 e. The third-order valence-electron chi connectivity index (χ3n) is 11.8. The monoisotopic (exact) mass is 984 g/mol. The molecular formula is C56H38F6O8S. The lowest BCUT2D eigenvalue weighted by Gasteiger charge is -2.38. The number of rotatable bonds is 14. The molecule has 0 bridgehead atoms. The van der Waals surface area contributed by atoms with E-state index in [9.17, 15) is 53.7 Å². The molecule has 0 aromatic heterocycles. The van der Waals surface area contributed by atoms with Gasteiger partial charge in [0.2, 0.25) is 5.41 Å². The Morgan fingerprint density at radius 1 is 0.437 bits per heavy atom. The van der Waals surface area contributed by atoms with Crippen LogP contribution in [0.3, 0.4) is 0 Å². The van der Waals surface area contributed by atoms with Gasteiger partial charge in [0.05, 0.1) is 4.90 Å². The number of carbonyl (C=O) groups excluding carboxylic acids is 3. The Bertz CT molecular complexity index is 3370. The number of hydrogen-bond acceptors (Lipinski definition) is 7. The van der Waals surface area contributed by atoms with Gasteiger partial charge in [-0.2, -0.15) is 34.8 Å². The molecule has 0 aliphatic heterocycles. The zero-order valence-electron chi connectivity index (χ0n) is 37.4. The van der Waals surface area contributed by atoms with Crippen LogP contribution in [0.4, 0.5) is 26.3 Å². The second-order valence-corrected chi connectivity index (χ2v) is 17.9. The van der Waals surface area contributed by atoms with Crippen LogP contribution in [0.5, 0.6) is 23.0 Å². The van der Waals surface area contributed by atoms with E-state index < -0.39 is 49.7 Å². The molecule has 0 saturated heterocycles. The van der Waals surface area contributed by atoms with Crippen LogP contribution in [-0.2, 0) is 15.5 Å². The molecule has 0 aliphatic carbocycles. The molecule has 0 heterocycles. The van der Waals surface area contributed by atoms with Crippen molar-refractivity contribution in [2.24, 2.45) is 0 Å². The number of ether oxygens (including phenoxy) is 2. The van der Waals surface area contributed by atoms with Gasteiger partial charge in [0.15, 0.2) is 17.3 Å². The molecule has 0 amide bonds. The van der Waals surface area contributed by atoms with Crippen molar-refractivity contribution in [1.82, 2.24) is 0 Å². The molecule has 8 aromatic rings. The summed E-state index contributed by atoms with van der Waals surface area (Å²) in [5, 5.41) is 0. The molecule has 0 aliphatic rings. The van der Waals surface area contributed by atoms with Crippen molar-refractivity contribution >= 4 is 27.5 Å². The van der Waals surface area contributed by atoms with Gasteiger partial charge in [0, 0.05) is 33.4 Å². The average molecular weight is 985 g/mol. The number of carbonyl (C=O) groups is 3. The Labute approximate surface area is 403 Å². The second kappa shape index (κ2) is 19.3. The summed E-state index contributed by atoms with van der Waals surface area (Å²) in [6, 6.07) is 42.2. The summed E-state index contributed by atoms with van der Waals surface area (Å²) in [5.74, 6) is -0.872. The van der Waals surface area contributed by atoms with Gasteiger partial charge in [-0.05, 0) is 133 Å². The van der Waals surface area contributed by atoms with E-state index in [1.54, 1.807) is 73.7 Å². The van der Waals surface area contributed by atoms with Crippen molar-refractivity contribution < 1.29 is 63.2 Å². The zero-order chi connectivity index (χ0) is 50.9. The number of aryl methyl sites for hydroxylation is 2. The SMILES string of the molecule is Cc1ccc(C(=O)c2ccc(Oc3ccc(C(c4ccc(Oc5ccc(C(=O)c6ccc(-c7ccc(C)c(C(=O)c8cccc(S(=O)(=O)O)c8)c7)cc6)cc5)cc4)(C(F)(F)F)C(F)(F)F)cc3)cc2)cc1. The van der Waals surface area contributed by atoms with E-state index in [1.807, 2.05) is 6.92 Å². The maximum atomic E-state index is 15.0. The summed E-state index contributed by atoms with van der Waals surface area (Å²) in [7, 11) is -4.53. The number of ketones is 3. The summed E-state index contributed by atoms with van der Waals surface area (Å²) in [4.78, 5) is 39.3. The Kier molecular flexibility index (Phi) is 13.4. The van der Waals surface area contributed by atoms with Crippen LogP contribution < -0.4 is 9.47 Å². The van der Waals surface area contributed by atoms with Gasteiger partial charge in [0.1, 0.15) is 23.0 Å². The second-order valence-electron chi connectivity index (χ2n) is 16.5. The highest BCUT2D eigenvalue weighted by Gasteiger charge is 2.72. The maximum absolute atomic E-state index is 15.0. The van der Waals surface area contributed by atoms with Gasteiger partial charge in [-0.3, -0.25) is 18.9 Å². The molecule has 0 radical (unpaired) electrons. The van der Waals surface area contributed by atoms with E-state index in [0.29, 0.717) is 63.2 Å². The molecule has 71 heavy (non-hydrogen) atoms. The topological polar surface area (TPSA) is 124 Å². The highest BCUT2D eigenvalue weighted by atomic mass is 32.2. The fourth-order valence-corrected chi connectivity index (χ4v) is 8.53. The average Bonchev–Trinajstić information content (AvgIpc) is 3.34. The lowest BCUT2D eigenvalue weighted by atomic mass is 9.73. The highest BCUT2D eigenvalue weighted by Crippen LogP contribution is 2.56. The third-order valence-corrected chi connectivity index (χ3v) is 12.6. The summed E-state index contributed by atoms with van der Waals surface area (Å²) < 4.78 is 134. The van der Waals surface area contributed by atoms with Gasteiger partial charge in [0.25, 0.3) is 10.1 Å². The van der Waals surface area contributed by atoms with Gasteiger partial charge in [-0.15, -0.1) is 0 Å². The zero-order valence-corrected chi connectivity index (χ0v) is 38.2. The first kappa shape index (κ1) is 49.3. The molecule has 358 valence electrons. The fourth-order valence-electron chi connectivity index (χ4n) is 8.00. The van der Waals surface area contributed by atoms with Crippen molar-refractivity contribution in [3.63, 3.8) is 0 Å². The minimum atomic E-state index is -5.85. The molecule has 15 heteroatoms. The summed E-state index contributed by atoms with van der Waals surface area (Å²) in [6.45, 7) is 3.61. The van der Waals surface area contributed by atoms with E-state index in [-0.39, 0.29) is 45.7 Å². The minimum Gasteiger partial charge on any atom is -0.457 e. The van der Waals surface area contributed by atoms with Gasteiger partial charge < -0.3 is 9.47 Å². The summed E-state index contributed by atoms with van der Waals surface area (Å²) in [6.07, 6.45) is -11.7. The molecule has 0 spiro atoms. The first-order chi connectivity index (χ1) is 33.6. The van der Waals surface area contributed by atoms with Crippen LogP contribution >= 0.6 is 0 Å². The fraction of sp³-hybridized carbons (Fsp3) is 0.0893. The lowest BCUT2D eigenvalue weighted by Crippen LogP contribution is -2.54. The number of benzene rings is 8. The van der Waals surface area contributed by atoms with Crippen LogP contribution in [0.25, 0.3) is 11.1 Å². The van der Waals surface area contributed by atoms with Crippen molar-refractivity contribution in [2.75, 3.05) is 0 Å². The maximum Gasteiger partial charge on any atom is 0.411 e. The predicted octanol–water partition coefficient (Wildman–Crippen LogP) is 13.9. The largest absolute Gasteiger partial charge is 0.457 e. The van der Waals surface area contributed by atoms with Crippen molar-refractivity contribution in [3.8, 4) is 34.1 Å². The van der Waals surface area contributed by atoms with Gasteiger partial charge >= 0.3 is 12.4 Å². The van der Waals surface area contributed by atoms with E-state index >= 15 is 0 Å². The van der Waals surface area contributed by atoms with Crippen molar-refractivity contribution in [2.45, 2.75) is 36.5 Å². The molecule has 8 nitrogen and oxygen atoms in total. The Morgan fingerprint density at radius 3 is 1.23 bits per heavy atom. The Hall–Kier alpha value is -8.14. The van der Waals surface area contributed by atoms with Crippen molar-refractivity contribution in [1.29, 1.82) is 0 Å². The molecular weight excluding hydrogens is 947 g/mol. The molecule has 0 fully saturated rings. The van der Waals surface area contributed by atoms with Crippen molar-refractivity contribution in [3.05, 3.63) is 244 Å². The van der Waals surface area contributed by atoms with E-state index in [4.69, 9.17) is 9.47 Å². The molecule has 8 rings (SSSR count). The highest BCUT2D eigenvalue weighted by molar-refractivity contribution is 7.85. The van der Waals surface area contributed by atoms with Crippen LogP contribution in [-0.4, -0.2) is 42.7 Å². The van der Waals surface area contributed by atoms with E-state index in [1.165, 1.54) is 66.7 Å². The van der Waals surface area contributed by atoms with E-state index in [0.717, 1.165) is 35.9 Å². The normalized spacial score (nSPS) is 12.0. The van der Waals surface area contributed by atoms with Gasteiger partial charge in [-0.1, -0.05) is 103 Å². The summed E-state index contributed by atoms with van der Waals surface area (Å²) >= 11 is 0. The molecule has 0 saturated carbocycles. The van der Waals surface area contributed by atoms with Crippen LogP contribution in [0.2, 0.25) is 0 Å². The minimum absolute atomic E-state index is 0.0453. The first-order valence-corrected chi connectivity index (χ1v) is 23.0. The molecule has 1 N–H and O–H groups in total. The lowest BCUT2D eigenvalue weighted by molar-refractivity contribution is -0.288. The predicted molar refractivity (Wildman–Crippen MR) is 253 cm³/mol. The third kappa shape index (κ3) is 10.3. The Morgan fingerprint density at radius 2 is 0.817 bits per heavy atom. The first-order valence-electron chi connectivity index (χ1n) is 21.5. The van der Waals surface area contributed by atoms with Crippen LogP contribution in [0.15, 0.2) is 193 Å². The van der Waals surface area contributed by atoms with Crippen LogP contribution in [0.1, 0.15) is 70.0 Å². The van der Waals surface area contributed by atoms with Crippen LogP contribution in [0, 0.1) is 13.8 Å². The number of hydrogen-bond donors (Lipinski definition) is 1. The number of alkyl halides is 6. The molecule has 0 unspecified atom stereocenters. The Balaban J connectivity index is 0.943. The standard InChI is InChI=1S/C56H38F6O8S/c1-34-6-9-37(10-7-34)51(63)39-16-24-45(25-17-39)69-47-28-20-43(21-29-47)54(55(57,58)59,56(60,61)62)44-22-30-48(31-23-44)70-46-26-18-40(19-27-46)52(64)38-14-12-36(13-15-38)41-11-8-35(2)50(33-41)53(65)42-4-3-5-49(32-42)71(66,67)68/h3-33H,1-2H3,(H,66,67,68). The quantitative estimate of drug-likeness (QED) is 0.0649. The molecule has 0 atom stereocenters.